The van der Waals surface area contributed by atoms with Gasteiger partial charge in [-0.15, -0.1) is 0 Å². The van der Waals surface area contributed by atoms with Crippen molar-refractivity contribution in [2.45, 2.75) is 32.3 Å². The fourth-order valence-corrected chi connectivity index (χ4v) is 2.06. The summed E-state index contributed by atoms with van der Waals surface area (Å²) in [6.07, 6.45) is 2.18. The van der Waals surface area contributed by atoms with Crippen molar-refractivity contribution in [1.29, 1.82) is 0 Å². The molecule has 1 saturated heterocycles. The second kappa shape index (κ2) is 3.78. The Labute approximate surface area is 90.3 Å². The Kier molecular flexibility index (Phi) is 2.61. The molecule has 0 aliphatic carbocycles. The van der Waals surface area contributed by atoms with Gasteiger partial charge in [0.05, 0.1) is 5.60 Å². The number of benzene rings is 1. The fraction of sp³-hybridized carbons (Fsp3) is 0.462. The summed E-state index contributed by atoms with van der Waals surface area (Å²) < 4.78 is 5.74. The van der Waals surface area contributed by atoms with Crippen molar-refractivity contribution in [2.24, 2.45) is 0 Å². The molecule has 0 amide bonds. The van der Waals surface area contributed by atoms with Crippen molar-refractivity contribution in [3.05, 3.63) is 35.4 Å². The third-order valence-electron chi connectivity index (χ3n) is 3.12. The van der Waals surface area contributed by atoms with E-state index in [2.05, 4.69) is 6.92 Å². The highest BCUT2D eigenvalue weighted by atomic mass is 16.5. The first-order valence-corrected chi connectivity index (χ1v) is 5.37. The van der Waals surface area contributed by atoms with Crippen LogP contribution >= 0.6 is 0 Å². The van der Waals surface area contributed by atoms with E-state index in [-0.39, 0.29) is 11.4 Å². The van der Waals surface area contributed by atoms with Gasteiger partial charge in [0, 0.05) is 12.2 Å². The molecule has 2 nitrogen and oxygen atoms in total. The van der Waals surface area contributed by atoms with Crippen LogP contribution in [0.1, 0.15) is 42.6 Å². The van der Waals surface area contributed by atoms with E-state index < -0.39 is 0 Å². The standard InChI is InChI=1S/C13H16O2/c1-10(14)11-4-6-12(7-5-11)13(2)8-3-9-15-13/h4-7H,3,8-9H2,1-2H3. The van der Waals surface area contributed by atoms with E-state index >= 15 is 0 Å². The number of Topliss-reactive ketones (excluding diaryl/α,β-unsaturated/α-hetero) is 1. The molecule has 1 heterocycles. The molecule has 1 unspecified atom stereocenters. The fourth-order valence-electron chi connectivity index (χ4n) is 2.06. The van der Waals surface area contributed by atoms with Gasteiger partial charge in [0.25, 0.3) is 0 Å². The van der Waals surface area contributed by atoms with Crippen LogP contribution in [0.2, 0.25) is 0 Å². The zero-order valence-corrected chi connectivity index (χ0v) is 9.25. The summed E-state index contributed by atoms with van der Waals surface area (Å²) >= 11 is 0. The monoisotopic (exact) mass is 204 g/mol. The molecule has 0 saturated carbocycles. The SMILES string of the molecule is CC(=O)c1ccc(C2(C)CCCO2)cc1. The molecule has 1 aliphatic heterocycles. The Bertz CT molecular complexity index is 359. The van der Waals surface area contributed by atoms with Crippen LogP contribution in [-0.2, 0) is 10.3 Å². The van der Waals surface area contributed by atoms with Crippen LogP contribution in [0.5, 0.6) is 0 Å². The lowest BCUT2D eigenvalue weighted by atomic mass is 9.92. The summed E-state index contributed by atoms with van der Waals surface area (Å²) in [5, 5.41) is 0. The van der Waals surface area contributed by atoms with Crippen LogP contribution in [0.15, 0.2) is 24.3 Å². The lowest BCUT2D eigenvalue weighted by molar-refractivity contribution is 0.0168. The summed E-state index contributed by atoms with van der Waals surface area (Å²) in [6.45, 7) is 4.54. The van der Waals surface area contributed by atoms with Crippen molar-refractivity contribution in [3.8, 4) is 0 Å². The van der Waals surface area contributed by atoms with Crippen molar-refractivity contribution in [3.63, 3.8) is 0 Å². The predicted molar refractivity (Wildman–Crippen MR) is 59.0 cm³/mol. The van der Waals surface area contributed by atoms with Crippen LogP contribution in [0.25, 0.3) is 0 Å². The molecule has 0 bridgehead atoms. The maximum Gasteiger partial charge on any atom is 0.159 e. The molecule has 1 aromatic rings. The van der Waals surface area contributed by atoms with E-state index in [4.69, 9.17) is 4.74 Å². The van der Waals surface area contributed by atoms with Gasteiger partial charge in [0.15, 0.2) is 5.78 Å². The molecule has 0 aromatic heterocycles. The number of carbonyl (C=O) groups excluding carboxylic acids is 1. The van der Waals surface area contributed by atoms with Gasteiger partial charge in [-0.3, -0.25) is 4.79 Å². The minimum Gasteiger partial charge on any atom is -0.371 e. The smallest absolute Gasteiger partial charge is 0.159 e. The summed E-state index contributed by atoms with van der Waals surface area (Å²) in [4.78, 5) is 11.1. The summed E-state index contributed by atoms with van der Waals surface area (Å²) in [6, 6.07) is 7.76. The highest BCUT2D eigenvalue weighted by Gasteiger charge is 2.31. The van der Waals surface area contributed by atoms with Gasteiger partial charge >= 0.3 is 0 Å². The average Bonchev–Trinajstić information content (AvgIpc) is 2.67. The first-order chi connectivity index (χ1) is 7.12. The van der Waals surface area contributed by atoms with E-state index in [0.717, 1.165) is 25.0 Å². The van der Waals surface area contributed by atoms with E-state index in [1.807, 2.05) is 24.3 Å². The van der Waals surface area contributed by atoms with Crippen LogP contribution in [0, 0.1) is 0 Å². The Morgan fingerprint density at radius 1 is 1.33 bits per heavy atom. The number of hydrogen-bond acceptors (Lipinski definition) is 2. The molecule has 1 aliphatic rings. The van der Waals surface area contributed by atoms with E-state index in [1.54, 1.807) is 6.92 Å². The molecule has 1 aromatic carbocycles. The van der Waals surface area contributed by atoms with Crippen molar-refractivity contribution >= 4 is 5.78 Å². The van der Waals surface area contributed by atoms with Gasteiger partial charge < -0.3 is 4.74 Å². The van der Waals surface area contributed by atoms with Crippen LogP contribution in [-0.4, -0.2) is 12.4 Å². The lowest BCUT2D eigenvalue weighted by Gasteiger charge is -2.23. The summed E-state index contributed by atoms with van der Waals surface area (Å²) in [5.74, 6) is 0.110. The molecule has 80 valence electrons. The van der Waals surface area contributed by atoms with Gasteiger partial charge in [0.1, 0.15) is 0 Å². The number of rotatable bonds is 2. The summed E-state index contributed by atoms with van der Waals surface area (Å²) in [7, 11) is 0. The third kappa shape index (κ3) is 1.95. The predicted octanol–water partition coefficient (Wildman–Crippen LogP) is 2.91. The quantitative estimate of drug-likeness (QED) is 0.692. The first kappa shape index (κ1) is 10.4. The van der Waals surface area contributed by atoms with E-state index in [9.17, 15) is 4.79 Å². The third-order valence-corrected chi connectivity index (χ3v) is 3.12. The zero-order chi connectivity index (χ0) is 10.9. The van der Waals surface area contributed by atoms with Crippen LogP contribution < -0.4 is 0 Å². The second-order valence-corrected chi connectivity index (χ2v) is 4.32. The van der Waals surface area contributed by atoms with Crippen molar-refractivity contribution < 1.29 is 9.53 Å². The van der Waals surface area contributed by atoms with Crippen molar-refractivity contribution in [2.75, 3.05) is 6.61 Å². The largest absolute Gasteiger partial charge is 0.371 e. The highest BCUT2D eigenvalue weighted by molar-refractivity contribution is 5.94. The second-order valence-electron chi connectivity index (χ2n) is 4.32. The van der Waals surface area contributed by atoms with Gasteiger partial charge in [0.2, 0.25) is 0 Å². The molecular formula is C13H16O2. The van der Waals surface area contributed by atoms with Gasteiger partial charge in [-0.25, -0.2) is 0 Å². The Morgan fingerprint density at radius 3 is 2.47 bits per heavy atom. The molecule has 0 radical (unpaired) electrons. The number of carbonyl (C=O) groups is 1. The molecule has 1 atom stereocenters. The normalized spacial score (nSPS) is 25.5. The molecule has 0 N–H and O–H groups in total. The number of ether oxygens (including phenoxy) is 1. The molecule has 2 heteroatoms. The molecule has 2 rings (SSSR count). The van der Waals surface area contributed by atoms with E-state index in [0.29, 0.717) is 0 Å². The Balaban J connectivity index is 2.26. The lowest BCUT2D eigenvalue weighted by Crippen LogP contribution is -2.19. The minimum absolute atomic E-state index is 0.110. The topological polar surface area (TPSA) is 26.3 Å². The Morgan fingerprint density at radius 2 is 2.00 bits per heavy atom. The zero-order valence-electron chi connectivity index (χ0n) is 9.25. The molecule has 1 fully saturated rings. The number of ketones is 1. The maximum absolute atomic E-state index is 11.1. The van der Waals surface area contributed by atoms with Crippen LogP contribution in [0.3, 0.4) is 0 Å². The molecule has 15 heavy (non-hydrogen) atoms. The summed E-state index contributed by atoms with van der Waals surface area (Å²) in [5.41, 5.74) is 1.79. The van der Waals surface area contributed by atoms with Crippen molar-refractivity contribution in [1.82, 2.24) is 0 Å². The Hall–Kier alpha value is -1.15. The van der Waals surface area contributed by atoms with Gasteiger partial charge in [-0.1, -0.05) is 24.3 Å². The molecule has 0 spiro atoms. The van der Waals surface area contributed by atoms with Gasteiger partial charge in [-0.2, -0.15) is 0 Å². The van der Waals surface area contributed by atoms with E-state index in [1.165, 1.54) is 5.56 Å². The van der Waals surface area contributed by atoms with Gasteiger partial charge in [-0.05, 0) is 32.3 Å². The van der Waals surface area contributed by atoms with Crippen LogP contribution in [0.4, 0.5) is 0 Å². The average molecular weight is 204 g/mol. The maximum atomic E-state index is 11.1. The minimum atomic E-state index is -0.144. The highest BCUT2D eigenvalue weighted by Crippen LogP contribution is 2.35. The molecular weight excluding hydrogens is 188 g/mol. The number of hydrogen-bond donors (Lipinski definition) is 0. The first-order valence-electron chi connectivity index (χ1n) is 5.37.